The number of carbonyl (C=O) groups is 1. The maximum absolute atomic E-state index is 13.0. The fourth-order valence-electron chi connectivity index (χ4n) is 2.86. The average molecular weight is 429 g/mol. The van der Waals surface area contributed by atoms with Crippen molar-refractivity contribution < 1.29 is 13.2 Å². The number of hydrogen-bond acceptors (Lipinski definition) is 3. The minimum absolute atomic E-state index is 0.102. The van der Waals surface area contributed by atoms with E-state index in [4.69, 9.17) is 11.6 Å². The molecule has 0 aromatic heterocycles. The van der Waals surface area contributed by atoms with E-state index in [0.717, 1.165) is 5.56 Å². The van der Waals surface area contributed by atoms with Crippen LogP contribution in [0.3, 0.4) is 0 Å². The average Bonchev–Trinajstić information content (AvgIpc) is 2.72. The van der Waals surface area contributed by atoms with Gasteiger partial charge in [0.15, 0.2) is 0 Å². The Labute approximate surface area is 175 Å². The molecular formula is C22H21ClN2O3S. The molecule has 0 bridgehead atoms. The normalized spacial score (nSPS) is 12.3. The zero-order valence-corrected chi connectivity index (χ0v) is 17.4. The van der Waals surface area contributed by atoms with Gasteiger partial charge in [-0.3, -0.25) is 4.79 Å². The number of amides is 1. The van der Waals surface area contributed by atoms with Crippen molar-refractivity contribution in [2.75, 3.05) is 5.32 Å². The summed E-state index contributed by atoms with van der Waals surface area (Å²) in [6.45, 7) is 1.79. The van der Waals surface area contributed by atoms with Gasteiger partial charge in [0.1, 0.15) is 6.04 Å². The van der Waals surface area contributed by atoms with Crippen molar-refractivity contribution in [3.05, 3.63) is 95.0 Å². The predicted octanol–water partition coefficient (Wildman–Crippen LogP) is 4.18. The van der Waals surface area contributed by atoms with Gasteiger partial charge in [-0.1, -0.05) is 66.2 Å². The lowest BCUT2D eigenvalue weighted by atomic mass is 10.1. The topological polar surface area (TPSA) is 75.3 Å². The van der Waals surface area contributed by atoms with Crippen LogP contribution in [-0.2, 0) is 21.2 Å². The van der Waals surface area contributed by atoms with Crippen molar-refractivity contribution in [2.45, 2.75) is 24.3 Å². The second-order valence-electron chi connectivity index (χ2n) is 6.58. The van der Waals surface area contributed by atoms with E-state index in [2.05, 4.69) is 10.0 Å². The smallest absolute Gasteiger partial charge is 0.242 e. The lowest BCUT2D eigenvalue weighted by molar-refractivity contribution is -0.117. The molecule has 0 saturated carbocycles. The number of nitrogens with one attached hydrogen (secondary N) is 2. The lowest BCUT2D eigenvalue weighted by Gasteiger charge is -2.20. The molecule has 3 rings (SSSR count). The second-order valence-corrected chi connectivity index (χ2v) is 8.70. The number of hydrogen-bond donors (Lipinski definition) is 2. The first-order chi connectivity index (χ1) is 13.9. The largest absolute Gasteiger partial charge is 0.324 e. The van der Waals surface area contributed by atoms with Gasteiger partial charge in [0.05, 0.1) is 4.90 Å². The molecule has 0 radical (unpaired) electrons. The summed E-state index contributed by atoms with van der Waals surface area (Å²) >= 11 is 6.13. The Balaban J connectivity index is 1.88. The van der Waals surface area contributed by atoms with E-state index in [9.17, 15) is 13.2 Å². The number of rotatable bonds is 7. The van der Waals surface area contributed by atoms with E-state index in [1.807, 2.05) is 30.3 Å². The molecule has 29 heavy (non-hydrogen) atoms. The maximum atomic E-state index is 13.0. The number of sulfonamides is 1. The summed E-state index contributed by atoms with van der Waals surface area (Å²) < 4.78 is 28.1. The van der Waals surface area contributed by atoms with Crippen molar-refractivity contribution in [3.8, 4) is 0 Å². The molecule has 2 N–H and O–H groups in total. The molecule has 150 valence electrons. The molecule has 0 aliphatic carbocycles. The molecule has 3 aromatic carbocycles. The second kappa shape index (κ2) is 9.22. The molecule has 3 aromatic rings. The molecule has 0 spiro atoms. The van der Waals surface area contributed by atoms with Gasteiger partial charge < -0.3 is 5.32 Å². The summed E-state index contributed by atoms with van der Waals surface area (Å²) in [5.41, 5.74) is 2.09. The van der Waals surface area contributed by atoms with Gasteiger partial charge in [0, 0.05) is 10.7 Å². The fourth-order valence-corrected chi connectivity index (χ4v) is 4.25. The van der Waals surface area contributed by atoms with E-state index in [0.29, 0.717) is 16.3 Å². The van der Waals surface area contributed by atoms with Crippen LogP contribution in [0.5, 0.6) is 0 Å². The zero-order chi connectivity index (χ0) is 20.9. The third kappa shape index (κ3) is 5.44. The number of benzene rings is 3. The zero-order valence-electron chi connectivity index (χ0n) is 15.8. The third-order valence-corrected chi connectivity index (χ3v) is 6.37. The van der Waals surface area contributed by atoms with Crippen LogP contribution in [0.2, 0.25) is 5.02 Å². The summed E-state index contributed by atoms with van der Waals surface area (Å²) in [4.78, 5) is 13.1. The molecule has 0 fully saturated rings. The summed E-state index contributed by atoms with van der Waals surface area (Å²) in [6, 6.07) is 21.4. The SMILES string of the molecule is Cc1c(Cl)cccc1NC(=O)[C@@H](Cc1ccccc1)NS(=O)(=O)c1ccccc1. The Morgan fingerprint density at radius 3 is 2.21 bits per heavy atom. The Morgan fingerprint density at radius 2 is 1.55 bits per heavy atom. The van der Waals surface area contributed by atoms with Crippen LogP contribution < -0.4 is 10.0 Å². The van der Waals surface area contributed by atoms with Gasteiger partial charge >= 0.3 is 0 Å². The first kappa shape index (κ1) is 21.0. The molecule has 0 aliphatic heterocycles. The van der Waals surface area contributed by atoms with Gasteiger partial charge in [0.25, 0.3) is 0 Å². The van der Waals surface area contributed by atoms with E-state index in [1.54, 1.807) is 43.3 Å². The Kier molecular flexibility index (Phi) is 6.69. The van der Waals surface area contributed by atoms with Gasteiger partial charge in [-0.25, -0.2) is 8.42 Å². The van der Waals surface area contributed by atoms with Crippen LogP contribution in [0.4, 0.5) is 5.69 Å². The molecule has 0 unspecified atom stereocenters. The predicted molar refractivity (Wildman–Crippen MR) is 116 cm³/mol. The fraction of sp³-hybridized carbons (Fsp3) is 0.136. The summed E-state index contributed by atoms with van der Waals surface area (Å²) in [6.07, 6.45) is 0.207. The van der Waals surface area contributed by atoms with Gasteiger partial charge in [-0.2, -0.15) is 4.72 Å². The number of anilines is 1. The standard InChI is InChI=1S/C22H21ClN2O3S/c1-16-19(23)13-8-14-20(16)24-22(26)21(15-17-9-4-2-5-10-17)25-29(27,28)18-11-6-3-7-12-18/h2-14,21,25H,15H2,1H3,(H,24,26)/t21-/m1/s1. The molecule has 0 aliphatic rings. The molecule has 5 nitrogen and oxygen atoms in total. The van der Waals surface area contributed by atoms with Gasteiger partial charge in [0.2, 0.25) is 15.9 Å². The van der Waals surface area contributed by atoms with Crippen molar-refractivity contribution >= 4 is 33.2 Å². The van der Waals surface area contributed by atoms with Crippen LogP contribution in [0.1, 0.15) is 11.1 Å². The monoisotopic (exact) mass is 428 g/mol. The minimum Gasteiger partial charge on any atom is -0.324 e. The highest BCUT2D eigenvalue weighted by molar-refractivity contribution is 7.89. The number of halogens is 1. The van der Waals surface area contributed by atoms with Gasteiger partial charge in [-0.15, -0.1) is 0 Å². The Hall–Kier alpha value is -2.67. The highest BCUT2D eigenvalue weighted by atomic mass is 35.5. The van der Waals surface area contributed by atoms with Crippen molar-refractivity contribution in [1.29, 1.82) is 0 Å². The quantitative estimate of drug-likeness (QED) is 0.592. The van der Waals surface area contributed by atoms with E-state index in [1.165, 1.54) is 12.1 Å². The van der Waals surface area contributed by atoms with Crippen molar-refractivity contribution in [2.24, 2.45) is 0 Å². The molecular weight excluding hydrogens is 408 g/mol. The van der Waals surface area contributed by atoms with Crippen LogP contribution in [-0.4, -0.2) is 20.4 Å². The van der Waals surface area contributed by atoms with E-state index in [-0.39, 0.29) is 11.3 Å². The number of carbonyl (C=O) groups excluding carboxylic acids is 1. The molecule has 7 heteroatoms. The first-order valence-corrected chi connectivity index (χ1v) is 10.9. The van der Waals surface area contributed by atoms with Crippen LogP contribution in [0.15, 0.2) is 83.8 Å². The van der Waals surface area contributed by atoms with E-state index >= 15 is 0 Å². The van der Waals surface area contributed by atoms with Gasteiger partial charge in [-0.05, 0) is 48.7 Å². The molecule has 1 atom stereocenters. The highest BCUT2D eigenvalue weighted by Gasteiger charge is 2.26. The highest BCUT2D eigenvalue weighted by Crippen LogP contribution is 2.23. The molecule has 0 saturated heterocycles. The van der Waals surface area contributed by atoms with E-state index < -0.39 is 22.0 Å². The lowest BCUT2D eigenvalue weighted by Crippen LogP contribution is -2.45. The Bertz CT molecular complexity index is 1090. The third-order valence-electron chi connectivity index (χ3n) is 4.48. The minimum atomic E-state index is -3.87. The molecule has 1 amide bonds. The Morgan fingerprint density at radius 1 is 0.931 bits per heavy atom. The van der Waals surface area contributed by atoms with Crippen LogP contribution >= 0.6 is 11.6 Å². The maximum Gasteiger partial charge on any atom is 0.242 e. The van der Waals surface area contributed by atoms with Crippen LogP contribution in [0, 0.1) is 6.92 Å². The summed E-state index contributed by atoms with van der Waals surface area (Å²) in [5.74, 6) is -0.460. The van der Waals surface area contributed by atoms with Crippen molar-refractivity contribution in [1.82, 2.24) is 4.72 Å². The molecule has 0 heterocycles. The summed E-state index contributed by atoms with van der Waals surface area (Å²) in [5, 5.41) is 3.32. The van der Waals surface area contributed by atoms with Crippen LogP contribution in [0.25, 0.3) is 0 Å². The van der Waals surface area contributed by atoms with Crippen molar-refractivity contribution in [3.63, 3.8) is 0 Å². The first-order valence-electron chi connectivity index (χ1n) is 9.04. The summed E-state index contributed by atoms with van der Waals surface area (Å²) in [7, 11) is -3.87.